The molecule has 2 fully saturated rings. The molecule has 2 aliphatic heterocycles. The molecule has 0 saturated carbocycles. The first-order chi connectivity index (χ1) is 19.2. The number of ether oxygens (including phenoxy) is 3. The Labute approximate surface area is 243 Å². The highest BCUT2D eigenvalue weighted by Crippen LogP contribution is 2.39. The Bertz CT molecular complexity index is 751. The molecule has 0 aromatic heterocycles. The molecule has 0 spiro atoms. The van der Waals surface area contributed by atoms with E-state index in [0.29, 0.717) is 18.8 Å². The molecule has 3 atom stereocenters. The fourth-order valence-corrected chi connectivity index (χ4v) is 5.95. The van der Waals surface area contributed by atoms with Gasteiger partial charge in [-0.3, -0.25) is 9.59 Å². The third-order valence-corrected chi connectivity index (χ3v) is 8.45. The number of carbonyl (C=O) groups excluding carboxylic acids is 3. The van der Waals surface area contributed by atoms with E-state index in [1.807, 2.05) is 0 Å². The number of hydrogen-bond acceptors (Lipinski definition) is 7. The van der Waals surface area contributed by atoms with Gasteiger partial charge in [-0.1, -0.05) is 130 Å². The van der Waals surface area contributed by atoms with Crippen LogP contribution in [0, 0.1) is 5.92 Å². The Morgan fingerprint density at radius 1 is 0.700 bits per heavy atom. The van der Waals surface area contributed by atoms with E-state index >= 15 is 0 Å². The van der Waals surface area contributed by atoms with E-state index in [1.54, 1.807) is 0 Å². The first-order valence-corrected chi connectivity index (χ1v) is 16.6. The SMILES string of the molecule is CCCCCCCCCCCCCCCCC12OC(=O)CC(O)(CC(=O)OC1CCCCCCC(C)C)C(=O)O2. The summed E-state index contributed by atoms with van der Waals surface area (Å²) in [5, 5.41) is 10.7. The molecule has 1 N–H and O–H groups in total. The maximum absolute atomic E-state index is 12.9. The second-order valence-corrected chi connectivity index (χ2v) is 12.8. The summed E-state index contributed by atoms with van der Waals surface area (Å²) in [6, 6.07) is 0. The smallest absolute Gasteiger partial charge is 0.342 e. The van der Waals surface area contributed by atoms with Crippen LogP contribution in [0.1, 0.15) is 168 Å². The molecule has 2 aliphatic rings. The number of cyclic esters (lactones) is 1. The average Bonchev–Trinajstić information content (AvgIpc) is 2.95. The number of unbranched alkanes of at least 4 members (excludes halogenated alkanes) is 16. The van der Waals surface area contributed by atoms with E-state index in [9.17, 15) is 19.5 Å². The minimum Gasteiger partial charge on any atom is -0.454 e. The van der Waals surface area contributed by atoms with Gasteiger partial charge in [0.05, 0.1) is 12.8 Å². The quantitative estimate of drug-likeness (QED) is 0.104. The fraction of sp³-hybridized carbons (Fsp3) is 0.909. The molecule has 2 rings (SSSR count). The van der Waals surface area contributed by atoms with E-state index in [4.69, 9.17) is 14.2 Å². The summed E-state index contributed by atoms with van der Waals surface area (Å²) in [5.41, 5.74) is -2.23. The molecule has 0 aromatic rings. The Kier molecular flexibility index (Phi) is 16.2. The molecule has 2 bridgehead atoms. The second-order valence-electron chi connectivity index (χ2n) is 12.8. The van der Waals surface area contributed by atoms with Crippen LogP contribution in [0.25, 0.3) is 0 Å². The normalized spacial score (nSPS) is 24.8. The highest BCUT2D eigenvalue weighted by Gasteiger charge is 2.58. The minimum absolute atomic E-state index is 0.268. The van der Waals surface area contributed by atoms with Crippen LogP contribution in [-0.4, -0.2) is 40.5 Å². The number of rotatable bonds is 22. The number of hydrogen-bond donors (Lipinski definition) is 1. The maximum Gasteiger partial charge on any atom is 0.342 e. The van der Waals surface area contributed by atoms with Gasteiger partial charge in [0.2, 0.25) is 0 Å². The Hall–Kier alpha value is -1.63. The third-order valence-electron chi connectivity index (χ3n) is 8.45. The molecular formula is C33H58O7. The van der Waals surface area contributed by atoms with Crippen LogP contribution in [0.15, 0.2) is 0 Å². The van der Waals surface area contributed by atoms with Crippen molar-refractivity contribution >= 4 is 17.9 Å². The van der Waals surface area contributed by atoms with Crippen LogP contribution < -0.4 is 0 Å². The minimum atomic E-state index is -2.23. The van der Waals surface area contributed by atoms with Gasteiger partial charge in [-0.05, 0) is 25.2 Å². The third kappa shape index (κ3) is 12.5. The van der Waals surface area contributed by atoms with E-state index < -0.39 is 48.2 Å². The lowest BCUT2D eigenvalue weighted by molar-refractivity contribution is -0.273. The van der Waals surface area contributed by atoms with Crippen molar-refractivity contribution in [3.63, 3.8) is 0 Å². The largest absolute Gasteiger partial charge is 0.454 e. The van der Waals surface area contributed by atoms with Crippen LogP contribution in [0.2, 0.25) is 0 Å². The van der Waals surface area contributed by atoms with Crippen LogP contribution in [-0.2, 0) is 28.6 Å². The maximum atomic E-state index is 12.9. The topological polar surface area (TPSA) is 99.1 Å². The number of carbonyl (C=O) groups is 3. The highest BCUT2D eigenvalue weighted by atomic mass is 16.8. The van der Waals surface area contributed by atoms with Gasteiger partial charge < -0.3 is 19.3 Å². The summed E-state index contributed by atoms with van der Waals surface area (Å²) in [4.78, 5) is 38.3. The molecular weight excluding hydrogens is 508 g/mol. The zero-order chi connectivity index (χ0) is 29.3. The van der Waals surface area contributed by atoms with E-state index in [0.717, 1.165) is 44.9 Å². The van der Waals surface area contributed by atoms with Crippen molar-refractivity contribution in [2.75, 3.05) is 0 Å². The van der Waals surface area contributed by atoms with E-state index in [2.05, 4.69) is 20.8 Å². The summed E-state index contributed by atoms with van der Waals surface area (Å²) in [7, 11) is 0. The Morgan fingerprint density at radius 2 is 1.20 bits per heavy atom. The van der Waals surface area contributed by atoms with Gasteiger partial charge in [0, 0.05) is 6.42 Å². The van der Waals surface area contributed by atoms with Crippen molar-refractivity contribution in [3.05, 3.63) is 0 Å². The van der Waals surface area contributed by atoms with Crippen LogP contribution in [0.4, 0.5) is 0 Å². The second kappa shape index (κ2) is 18.7. The van der Waals surface area contributed by atoms with Gasteiger partial charge in [-0.25, -0.2) is 4.79 Å². The fourth-order valence-electron chi connectivity index (χ4n) is 5.95. The number of aliphatic hydroxyl groups is 1. The molecule has 232 valence electrons. The van der Waals surface area contributed by atoms with Crippen molar-refractivity contribution in [2.24, 2.45) is 5.92 Å². The molecule has 0 aromatic carbocycles. The van der Waals surface area contributed by atoms with Gasteiger partial charge in [-0.2, -0.15) is 0 Å². The highest BCUT2D eigenvalue weighted by molar-refractivity contribution is 5.92. The summed E-state index contributed by atoms with van der Waals surface area (Å²) in [6.07, 6.45) is 20.8. The van der Waals surface area contributed by atoms with Crippen molar-refractivity contribution in [3.8, 4) is 0 Å². The summed E-state index contributed by atoms with van der Waals surface area (Å²) in [6.45, 7) is 6.68. The lowest BCUT2D eigenvalue weighted by Crippen LogP contribution is -2.55. The summed E-state index contributed by atoms with van der Waals surface area (Å²) in [5.74, 6) is -3.36. The van der Waals surface area contributed by atoms with E-state index in [-0.39, 0.29) is 6.42 Å². The predicted octanol–water partition coefficient (Wildman–Crippen LogP) is 8.09. The number of fused-ring (bicyclic) bond motifs is 3. The van der Waals surface area contributed by atoms with Crippen LogP contribution in [0.3, 0.4) is 0 Å². The van der Waals surface area contributed by atoms with Gasteiger partial charge in [0.15, 0.2) is 11.7 Å². The lowest BCUT2D eigenvalue weighted by Gasteiger charge is -2.39. The van der Waals surface area contributed by atoms with Crippen LogP contribution >= 0.6 is 0 Å². The zero-order valence-corrected chi connectivity index (χ0v) is 25.8. The molecule has 3 unspecified atom stereocenters. The monoisotopic (exact) mass is 566 g/mol. The summed E-state index contributed by atoms with van der Waals surface area (Å²) < 4.78 is 17.2. The molecule has 7 nitrogen and oxygen atoms in total. The summed E-state index contributed by atoms with van der Waals surface area (Å²) >= 11 is 0. The molecule has 0 amide bonds. The van der Waals surface area contributed by atoms with Gasteiger partial charge in [0.1, 0.15) is 0 Å². The first kappa shape index (κ1) is 34.6. The molecule has 7 heteroatoms. The van der Waals surface area contributed by atoms with Gasteiger partial charge in [-0.15, -0.1) is 0 Å². The van der Waals surface area contributed by atoms with E-state index in [1.165, 1.54) is 70.6 Å². The first-order valence-electron chi connectivity index (χ1n) is 16.6. The standard InChI is InChI=1S/C33H58O7/c1-4-5-6-7-8-9-10-11-12-13-14-15-18-21-24-33-28(23-20-17-16-19-22-27(2)3)38-29(34)25-32(37,31(36)40-33)26-30(35)39-33/h27-28,37H,4-26H2,1-3H3. The zero-order valence-electron chi connectivity index (χ0n) is 25.8. The molecule has 0 radical (unpaired) electrons. The van der Waals surface area contributed by atoms with Crippen molar-refractivity contribution in [1.29, 1.82) is 0 Å². The molecule has 0 aliphatic carbocycles. The average molecular weight is 567 g/mol. The van der Waals surface area contributed by atoms with Crippen molar-refractivity contribution in [2.45, 2.75) is 186 Å². The van der Waals surface area contributed by atoms with Gasteiger partial charge >= 0.3 is 17.9 Å². The van der Waals surface area contributed by atoms with Crippen molar-refractivity contribution in [1.82, 2.24) is 0 Å². The van der Waals surface area contributed by atoms with Crippen LogP contribution in [0.5, 0.6) is 0 Å². The Balaban J connectivity index is 1.82. The molecule has 2 saturated heterocycles. The Morgan fingerprint density at radius 3 is 1.77 bits per heavy atom. The molecule has 40 heavy (non-hydrogen) atoms. The van der Waals surface area contributed by atoms with Crippen molar-refractivity contribution < 1.29 is 33.7 Å². The lowest BCUT2D eigenvalue weighted by atomic mass is 9.93. The van der Waals surface area contributed by atoms with Gasteiger partial charge in [0.25, 0.3) is 5.79 Å². The predicted molar refractivity (Wildman–Crippen MR) is 156 cm³/mol. The number of esters is 3. The molecule has 2 heterocycles.